The summed E-state index contributed by atoms with van der Waals surface area (Å²) in [6.45, 7) is 5.74. The van der Waals surface area contributed by atoms with Crippen molar-refractivity contribution < 1.29 is 152 Å². The summed E-state index contributed by atoms with van der Waals surface area (Å²) in [6.07, 6.45) is -7.06. The largest absolute Gasteiger partial charge is 0.456 e. The Morgan fingerprint density at radius 1 is 0.917 bits per heavy atom. The molecule has 1 saturated heterocycles. The predicted molar refractivity (Wildman–Crippen MR) is 206 cm³/mol. The smallest absolute Gasteiger partial charge is 0.407 e. The average Bonchev–Trinajstić information content (AvgIpc) is 3.21. The van der Waals surface area contributed by atoms with Crippen LogP contribution < -0.4 is 5.32 Å². The van der Waals surface area contributed by atoms with E-state index in [-0.39, 0.29) is 130 Å². The topological polar surface area (TPSA) is 218 Å². The number of amides is 1. The first-order chi connectivity index (χ1) is 27.4. The van der Waals surface area contributed by atoms with Crippen LogP contribution >= 0.6 is 0 Å². The van der Waals surface area contributed by atoms with Crippen molar-refractivity contribution in [3.05, 3.63) is 82.9 Å². The number of Topliss-reactive ketones (excluding diaryl/α,β-unsaturated/α-hetero) is 1. The molecule has 2 radical (unpaired) electrons. The number of nitrogens with one attached hydrogen (secondary N) is 1. The van der Waals surface area contributed by atoms with Gasteiger partial charge in [-0.1, -0.05) is 81.6 Å². The summed E-state index contributed by atoms with van der Waals surface area (Å²) < 4.78 is 23.4. The molecule has 1 heterocycles. The van der Waals surface area contributed by atoms with Gasteiger partial charge in [0.2, 0.25) is 0 Å². The van der Waals surface area contributed by atoms with E-state index in [0.717, 1.165) is 24.8 Å². The summed E-state index contributed by atoms with van der Waals surface area (Å²) in [6, 6.07) is 15.9. The Kier molecular flexibility index (Phi) is 16.1. The van der Waals surface area contributed by atoms with Gasteiger partial charge in [0.25, 0.3) is 0 Å². The molecular weight excluding hydrogens is 1200 g/mol. The van der Waals surface area contributed by atoms with Gasteiger partial charge in [-0.2, -0.15) is 0 Å². The second kappa shape index (κ2) is 19.4. The molecule has 4 fully saturated rings. The van der Waals surface area contributed by atoms with Crippen LogP contribution in [0.3, 0.4) is 0 Å². The van der Waals surface area contributed by atoms with E-state index in [4.69, 9.17) is 18.9 Å². The standard InChI is InChI=1S/C44H55NO13.2Ac/c1-24-28(57-39(51)34(48)32(26-16-10-6-11-17-26)45-40(52)55-22-25-14-8-5-9-15-25)21-44(54)37(58-38(50)27-18-12-7-13-19-27)35-42(4,29(46)20-30-43(35,53)23-56-30)36(49)33(47)31(24)41(44,2)3;;/h5,7-9,12-15,18-19,26,28-30,32-35,37,46-48,53-54H,6,10-11,16-17,20-23H2,1-4H3,(H,45,52);;/t28?,29?,30?,32?,33?,34?,35?,37?,42-,43+,44?;;/m1../s1. The van der Waals surface area contributed by atoms with Crippen LogP contribution in [0, 0.1) is 111 Å². The van der Waals surface area contributed by atoms with Crippen molar-refractivity contribution in [2.24, 2.45) is 22.7 Å². The molecule has 14 nitrogen and oxygen atoms in total. The Morgan fingerprint density at radius 3 is 2.13 bits per heavy atom. The molecule has 7 rings (SSSR count). The molecule has 16 heteroatoms. The molecule has 60 heavy (non-hydrogen) atoms. The van der Waals surface area contributed by atoms with Gasteiger partial charge in [0, 0.05) is 112 Å². The third kappa shape index (κ3) is 8.76. The first kappa shape index (κ1) is 49.7. The average molecular weight is 1260 g/mol. The molecular formula is C44H55Ac2NO13. The van der Waals surface area contributed by atoms with Crippen LogP contribution in [0.15, 0.2) is 71.8 Å². The summed E-state index contributed by atoms with van der Waals surface area (Å²) in [5, 5.41) is 63.8. The number of benzene rings is 2. The van der Waals surface area contributed by atoms with Crippen LogP contribution in [0.4, 0.5) is 4.79 Å². The van der Waals surface area contributed by atoms with Crippen molar-refractivity contribution in [2.75, 3.05) is 6.61 Å². The molecule has 320 valence electrons. The zero-order valence-electron chi connectivity index (χ0n) is 34.5. The number of ether oxygens (including phenoxy) is 4. The number of esters is 2. The van der Waals surface area contributed by atoms with E-state index in [0.29, 0.717) is 12.8 Å². The number of carbonyl (C=O) groups excluding carboxylic acids is 4. The molecule has 2 aromatic rings. The molecule has 3 saturated carbocycles. The number of aliphatic hydroxyl groups excluding tert-OH is 3. The van der Waals surface area contributed by atoms with Gasteiger partial charge in [0.1, 0.15) is 36.1 Å². The number of ketones is 1. The number of alkyl carbamates (subject to hydrolysis) is 1. The number of carbonyl (C=O) groups is 4. The van der Waals surface area contributed by atoms with Crippen LogP contribution in [0.2, 0.25) is 0 Å². The van der Waals surface area contributed by atoms with Gasteiger partial charge in [0.05, 0.1) is 35.8 Å². The fourth-order valence-electron chi connectivity index (χ4n) is 10.6. The van der Waals surface area contributed by atoms with E-state index in [1.807, 2.05) is 6.07 Å². The molecule has 11 atom stereocenters. The van der Waals surface area contributed by atoms with Crippen LogP contribution in [0.1, 0.15) is 88.6 Å². The number of rotatable bonds is 9. The Balaban J connectivity index is 0.00000341. The normalized spacial score (nSPS) is 34.2. The summed E-state index contributed by atoms with van der Waals surface area (Å²) in [4.78, 5) is 56.0. The Hall–Kier alpha value is -1.30. The SMILES string of the molecule is CC1=C2C(O)C(=O)[C@]3(C)C(O)CC4OC[C@@]4(O)C3C(OC(=O)c3ccccc3)C(O)(CC1OC(=O)C(O)C(NC(=O)OCc1ccccc1)C1CCCCC1)C2(C)C.[Ac].[Ac]. The second-order valence-corrected chi connectivity index (χ2v) is 17.6. The Labute approximate surface area is 421 Å². The van der Waals surface area contributed by atoms with Gasteiger partial charge in [0.15, 0.2) is 11.9 Å². The van der Waals surface area contributed by atoms with Gasteiger partial charge in [-0.05, 0) is 61.4 Å². The molecule has 0 spiro atoms. The number of hydrogen-bond acceptors (Lipinski definition) is 13. The molecule has 0 aromatic heterocycles. The quantitative estimate of drug-likeness (QED) is 0.121. The molecule has 9 unspecified atom stereocenters. The van der Waals surface area contributed by atoms with E-state index < -0.39 is 101 Å². The third-order valence-electron chi connectivity index (χ3n) is 14.1. The number of hydrogen-bond donors (Lipinski definition) is 6. The van der Waals surface area contributed by atoms with E-state index in [9.17, 15) is 44.7 Å². The van der Waals surface area contributed by atoms with Gasteiger partial charge in [-0.25, -0.2) is 14.4 Å². The van der Waals surface area contributed by atoms with Crippen molar-refractivity contribution >= 4 is 23.8 Å². The van der Waals surface area contributed by atoms with Gasteiger partial charge < -0.3 is 49.8 Å². The minimum Gasteiger partial charge on any atom is -0.456 e. The van der Waals surface area contributed by atoms with Crippen LogP contribution in [-0.2, 0) is 35.1 Å². The number of fused-ring (bicyclic) bond motifs is 5. The summed E-state index contributed by atoms with van der Waals surface area (Å²) in [7, 11) is 0. The third-order valence-corrected chi connectivity index (χ3v) is 14.1. The molecule has 1 amide bonds. The first-order valence-electron chi connectivity index (χ1n) is 20.2. The Bertz CT molecular complexity index is 1930. The van der Waals surface area contributed by atoms with Gasteiger partial charge >= 0.3 is 18.0 Å². The van der Waals surface area contributed by atoms with Gasteiger partial charge in [-0.15, -0.1) is 0 Å². The molecule has 6 N–H and O–H groups in total. The van der Waals surface area contributed by atoms with Crippen LogP contribution in [0.25, 0.3) is 0 Å². The predicted octanol–water partition coefficient (Wildman–Crippen LogP) is 3.30. The number of aliphatic hydroxyl groups is 5. The van der Waals surface area contributed by atoms with Crippen molar-refractivity contribution in [3.8, 4) is 0 Å². The van der Waals surface area contributed by atoms with Crippen LogP contribution in [-0.4, -0.2) is 110 Å². The van der Waals surface area contributed by atoms with E-state index in [1.54, 1.807) is 63.2 Å². The maximum Gasteiger partial charge on any atom is 0.407 e. The molecule has 2 aromatic carbocycles. The maximum absolute atomic E-state index is 14.8. The molecule has 2 bridgehead atoms. The van der Waals surface area contributed by atoms with Crippen molar-refractivity contribution in [2.45, 2.75) is 133 Å². The molecule has 5 aliphatic rings. The molecule has 4 aliphatic carbocycles. The molecule has 1 aliphatic heterocycles. The maximum atomic E-state index is 14.8. The summed E-state index contributed by atoms with van der Waals surface area (Å²) >= 11 is 0. The minimum absolute atomic E-state index is 0. The Morgan fingerprint density at radius 2 is 1.53 bits per heavy atom. The van der Waals surface area contributed by atoms with E-state index in [2.05, 4.69) is 5.32 Å². The van der Waals surface area contributed by atoms with Crippen molar-refractivity contribution in [1.82, 2.24) is 5.32 Å². The first-order valence-corrected chi connectivity index (χ1v) is 20.2. The van der Waals surface area contributed by atoms with E-state index >= 15 is 0 Å². The fraction of sp³-hybridized carbons (Fsp3) is 0.591. The summed E-state index contributed by atoms with van der Waals surface area (Å²) in [5.74, 6) is -4.70. The van der Waals surface area contributed by atoms with Crippen LogP contribution in [0.5, 0.6) is 0 Å². The fourth-order valence-corrected chi connectivity index (χ4v) is 10.6. The van der Waals surface area contributed by atoms with Gasteiger partial charge in [-0.3, -0.25) is 4.79 Å². The summed E-state index contributed by atoms with van der Waals surface area (Å²) in [5.41, 5.74) is -6.66. The second-order valence-electron chi connectivity index (χ2n) is 17.6. The zero-order valence-corrected chi connectivity index (χ0v) is 44.0. The minimum atomic E-state index is -2.29. The zero-order chi connectivity index (χ0) is 41.8. The monoisotopic (exact) mass is 1260 g/mol. The van der Waals surface area contributed by atoms with Crippen molar-refractivity contribution in [1.29, 1.82) is 0 Å². The van der Waals surface area contributed by atoms with E-state index in [1.165, 1.54) is 19.1 Å². The van der Waals surface area contributed by atoms with Crippen molar-refractivity contribution in [3.63, 3.8) is 0 Å².